The molecule has 152 valence electrons. The van der Waals surface area contributed by atoms with E-state index >= 15 is 0 Å². The highest BCUT2D eigenvalue weighted by molar-refractivity contribution is 7.98. The van der Waals surface area contributed by atoms with Gasteiger partial charge in [-0.25, -0.2) is 4.99 Å². The summed E-state index contributed by atoms with van der Waals surface area (Å²) in [6.45, 7) is 0.556. The Bertz CT molecular complexity index is 1070. The van der Waals surface area contributed by atoms with Gasteiger partial charge in [-0.3, -0.25) is 15.1 Å². The Morgan fingerprint density at radius 1 is 1.10 bits per heavy atom. The maximum atomic E-state index is 12.8. The molecule has 1 amide bonds. The normalized spacial score (nSPS) is 12.5. The third-order valence-corrected chi connectivity index (χ3v) is 5.09. The van der Waals surface area contributed by atoms with E-state index in [1.165, 1.54) is 0 Å². The van der Waals surface area contributed by atoms with Crippen LogP contribution in [-0.2, 0) is 6.54 Å². The van der Waals surface area contributed by atoms with Crippen LogP contribution in [-0.4, -0.2) is 29.9 Å². The predicted octanol–water partition coefficient (Wildman–Crippen LogP) is 3.93. The van der Waals surface area contributed by atoms with E-state index in [9.17, 15) is 4.79 Å². The first-order chi connectivity index (χ1) is 14.7. The SMILES string of the molecule is CSc1cccc(NC(=NCc2ccncc2)NC(=O)c2ccc3c(c2)OCO3)c1. The highest BCUT2D eigenvalue weighted by Gasteiger charge is 2.17. The maximum Gasteiger partial charge on any atom is 0.258 e. The lowest BCUT2D eigenvalue weighted by molar-refractivity contribution is 0.0976. The van der Waals surface area contributed by atoms with Crippen LogP contribution in [0.15, 0.2) is 76.9 Å². The number of nitrogens with one attached hydrogen (secondary N) is 2. The van der Waals surface area contributed by atoms with Gasteiger partial charge in [0.05, 0.1) is 6.54 Å². The van der Waals surface area contributed by atoms with Gasteiger partial charge < -0.3 is 14.8 Å². The van der Waals surface area contributed by atoms with E-state index in [0.29, 0.717) is 29.6 Å². The van der Waals surface area contributed by atoms with Crippen LogP contribution >= 0.6 is 11.8 Å². The molecule has 0 bridgehead atoms. The summed E-state index contributed by atoms with van der Waals surface area (Å²) >= 11 is 1.64. The van der Waals surface area contributed by atoms with E-state index in [1.807, 2.05) is 42.7 Å². The summed E-state index contributed by atoms with van der Waals surface area (Å²) in [6, 6.07) is 16.7. The number of nitrogens with zero attached hydrogens (tertiary/aromatic N) is 2. The van der Waals surface area contributed by atoms with Gasteiger partial charge in [-0.05, 0) is 60.4 Å². The molecule has 0 saturated heterocycles. The van der Waals surface area contributed by atoms with Gasteiger partial charge in [0.25, 0.3) is 5.91 Å². The lowest BCUT2D eigenvalue weighted by Gasteiger charge is -2.13. The third-order valence-electron chi connectivity index (χ3n) is 4.37. The van der Waals surface area contributed by atoms with Crippen molar-refractivity contribution in [2.45, 2.75) is 11.4 Å². The molecule has 2 aromatic carbocycles. The Balaban J connectivity index is 1.55. The summed E-state index contributed by atoms with van der Waals surface area (Å²) in [5.74, 6) is 1.24. The van der Waals surface area contributed by atoms with E-state index in [-0.39, 0.29) is 12.7 Å². The molecule has 7 nitrogen and oxygen atoms in total. The van der Waals surface area contributed by atoms with Gasteiger partial charge in [0, 0.05) is 28.5 Å². The smallest absolute Gasteiger partial charge is 0.258 e. The highest BCUT2D eigenvalue weighted by atomic mass is 32.2. The summed E-state index contributed by atoms with van der Waals surface area (Å²) in [6.07, 6.45) is 5.44. The number of aliphatic imine (C=N–C) groups is 1. The number of amides is 1. The minimum Gasteiger partial charge on any atom is -0.454 e. The Kier molecular flexibility index (Phi) is 6.14. The van der Waals surface area contributed by atoms with Crippen molar-refractivity contribution in [1.82, 2.24) is 10.3 Å². The summed E-state index contributed by atoms with van der Waals surface area (Å²) in [5, 5.41) is 6.07. The number of carbonyl (C=O) groups is 1. The first kappa shape index (κ1) is 19.8. The quantitative estimate of drug-likeness (QED) is 0.370. The van der Waals surface area contributed by atoms with Gasteiger partial charge in [-0.1, -0.05) is 6.07 Å². The molecule has 1 aliphatic heterocycles. The Morgan fingerprint density at radius 2 is 1.93 bits per heavy atom. The zero-order valence-corrected chi connectivity index (χ0v) is 17.1. The van der Waals surface area contributed by atoms with E-state index in [1.54, 1.807) is 42.4 Å². The number of rotatable bonds is 5. The molecule has 2 heterocycles. The minimum atomic E-state index is -0.296. The number of aromatic nitrogens is 1. The highest BCUT2D eigenvalue weighted by Crippen LogP contribution is 2.32. The van der Waals surface area contributed by atoms with Crippen LogP contribution in [0, 0.1) is 0 Å². The fourth-order valence-electron chi connectivity index (χ4n) is 2.82. The Hall–Kier alpha value is -3.52. The molecular weight excluding hydrogens is 400 g/mol. The summed E-state index contributed by atoms with van der Waals surface area (Å²) in [7, 11) is 0. The van der Waals surface area contributed by atoms with Crippen LogP contribution < -0.4 is 20.1 Å². The largest absolute Gasteiger partial charge is 0.454 e. The Morgan fingerprint density at radius 3 is 2.77 bits per heavy atom. The van der Waals surface area contributed by atoms with Crippen LogP contribution in [0.1, 0.15) is 15.9 Å². The van der Waals surface area contributed by atoms with E-state index in [2.05, 4.69) is 20.6 Å². The average molecular weight is 420 g/mol. The van der Waals surface area contributed by atoms with Gasteiger partial charge in [0.15, 0.2) is 11.5 Å². The fraction of sp³-hybridized carbons (Fsp3) is 0.136. The summed E-state index contributed by atoms with van der Waals surface area (Å²) in [4.78, 5) is 22.5. The van der Waals surface area contributed by atoms with Crippen LogP contribution in [0.25, 0.3) is 0 Å². The number of carbonyl (C=O) groups excluding carboxylic acids is 1. The second-order valence-corrected chi connectivity index (χ2v) is 7.28. The second kappa shape index (κ2) is 9.32. The minimum absolute atomic E-state index is 0.159. The zero-order chi connectivity index (χ0) is 20.8. The van der Waals surface area contributed by atoms with Crippen LogP contribution in [0.2, 0.25) is 0 Å². The lowest BCUT2D eigenvalue weighted by Crippen LogP contribution is -2.36. The number of ether oxygens (including phenoxy) is 2. The van der Waals surface area contributed by atoms with Gasteiger partial charge in [0.2, 0.25) is 12.8 Å². The van der Waals surface area contributed by atoms with Crippen molar-refractivity contribution < 1.29 is 14.3 Å². The molecule has 2 N–H and O–H groups in total. The molecule has 30 heavy (non-hydrogen) atoms. The van der Waals surface area contributed by atoms with Gasteiger partial charge in [0.1, 0.15) is 0 Å². The zero-order valence-electron chi connectivity index (χ0n) is 16.3. The molecule has 1 aliphatic rings. The molecular formula is C22H20N4O3S. The number of fused-ring (bicyclic) bond motifs is 1. The fourth-order valence-corrected chi connectivity index (χ4v) is 3.28. The number of hydrogen-bond acceptors (Lipinski definition) is 6. The molecule has 0 atom stereocenters. The first-order valence-corrected chi connectivity index (χ1v) is 10.5. The van der Waals surface area contributed by atoms with E-state index < -0.39 is 0 Å². The van der Waals surface area contributed by atoms with Crippen LogP contribution in [0.5, 0.6) is 11.5 Å². The van der Waals surface area contributed by atoms with E-state index in [0.717, 1.165) is 16.1 Å². The van der Waals surface area contributed by atoms with E-state index in [4.69, 9.17) is 9.47 Å². The molecule has 0 unspecified atom stereocenters. The predicted molar refractivity (Wildman–Crippen MR) is 117 cm³/mol. The van der Waals surface area contributed by atoms with Gasteiger partial charge in [-0.15, -0.1) is 11.8 Å². The average Bonchev–Trinajstić information content (AvgIpc) is 3.26. The molecule has 8 heteroatoms. The molecule has 4 rings (SSSR count). The first-order valence-electron chi connectivity index (χ1n) is 9.27. The molecule has 1 aromatic heterocycles. The number of benzene rings is 2. The van der Waals surface area contributed by atoms with Crippen LogP contribution in [0.4, 0.5) is 5.69 Å². The lowest BCUT2D eigenvalue weighted by atomic mass is 10.2. The number of anilines is 1. The topological polar surface area (TPSA) is 84.8 Å². The second-order valence-electron chi connectivity index (χ2n) is 6.40. The maximum absolute atomic E-state index is 12.8. The number of guanidine groups is 1. The third kappa shape index (κ3) is 4.90. The van der Waals surface area contributed by atoms with Crippen molar-refractivity contribution in [3.8, 4) is 11.5 Å². The molecule has 3 aromatic rings. The molecule has 0 fully saturated rings. The van der Waals surface area contributed by atoms with Crippen molar-refractivity contribution in [2.24, 2.45) is 4.99 Å². The van der Waals surface area contributed by atoms with Crippen molar-refractivity contribution in [3.63, 3.8) is 0 Å². The molecule has 0 saturated carbocycles. The summed E-state index contributed by atoms with van der Waals surface area (Å²) < 4.78 is 10.7. The number of pyridine rings is 1. The monoisotopic (exact) mass is 420 g/mol. The van der Waals surface area contributed by atoms with Crippen LogP contribution in [0.3, 0.4) is 0 Å². The number of hydrogen-bond donors (Lipinski definition) is 2. The van der Waals surface area contributed by atoms with Gasteiger partial charge in [-0.2, -0.15) is 0 Å². The van der Waals surface area contributed by atoms with Crippen molar-refractivity contribution >= 4 is 29.3 Å². The Labute approximate surface area is 178 Å². The molecule has 0 radical (unpaired) electrons. The van der Waals surface area contributed by atoms with Crippen molar-refractivity contribution in [3.05, 3.63) is 78.1 Å². The molecule has 0 spiro atoms. The van der Waals surface area contributed by atoms with Gasteiger partial charge >= 0.3 is 0 Å². The molecule has 0 aliphatic carbocycles. The van der Waals surface area contributed by atoms with Crippen molar-refractivity contribution in [2.75, 3.05) is 18.4 Å². The van der Waals surface area contributed by atoms with Crippen molar-refractivity contribution in [1.29, 1.82) is 0 Å². The summed E-state index contributed by atoms with van der Waals surface area (Å²) in [5.41, 5.74) is 2.27. The standard InChI is InChI=1S/C22H20N4O3S/c1-30-18-4-2-3-17(12-18)25-22(24-13-15-7-9-23-10-8-15)26-21(27)16-5-6-19-20(11-16)29-14-28-19/h2-12H,13-14H2,1H3,(H2,24,25,26,27). The number of thioether (sulfide) groups is 1.